The Morgan fingerprint density at radius 3 is 2.59 bits per heavy atom. The zero-order valence-corrected chi connectivity index (χ0v) is 18.0. The Labute approximate surface area is 192 Å². The normalized spacial score (nSPS) is 15.8. The molecule has 10 heteroatoms. The van der Waals surface area contributed by atoms with Gasteiger partial charge in [-0.1, -0.05) is 18.2 Å². The zero-order valence-electron chi connectivity index (χ0n) is 18.0. The maximum Gasteiger partial charge on any atom is 0.255 e. The Morgan fingerprint density at radius 1 is 1.12 bits per heavy atom. The van der Waals surface area contributed by atoms with Crippen LogP contribution in [0.15, 0.2) is 65.5 Å². The average molecular weight is 463 g/mol. The molecule has 0 saturated carbocycles. The minimum Gasteiger partial charge on any atom is -0.418 e. The fourth-order valence-electron chi connectivity index (χ4n) is 3.99. The van der Waals surface area contributed by atoms with E-state index in [1.54, 1.807) is 18.2 Å². The Kier molecular flexibility index (Phi) is 5.58. The lowest BCUT2D eigenvalue weighted by molar-refractivity contribution is 0.0345. The molecular formula is C24H19F2N5O3. The second-order valence-electron chi connectivity index (χ2n) is 7.94. The Hall–Kier alpha value is -4.05. The number of benzene rings is 2. The van der Waals surface area contributed by atoms with Crippen molar-refractivity contribution in [3.05, 3.63) is 95.1 Å². The van der Waals surface area contributed by atoms with Crippen LogP contribution in [0.5, 0.6) is 0 Å². The third-order valence-corrected chi connectivity index (χ3v) is 5.70. The van der Waals surface area contributed by atoms with Crippen molar-refractivity contribution in [3.8, 4) is 11.5 Å². The first kappa shape index (κ1) is 21.8. The highest BCUT2D eigenvalue weighted by molar-refractivity contribution is 5.99. The molecule has 172 valence electrons. The predicted octanol–water partition coefficient (Wildman–Crippen LogP) is 4.13. The number of aromatic nitrogens is 4. The van der Waals surface area contributed by atoms with Crippen molar-refractivity contribution >= 4 is 5.91 Å². The molecule has 3 heterocycles. The number of carbonyl (C=O) groups excluding carboxylic acids is 1. The standard InChI is InChI=1S/C24H19F2N5O3/c1-13(25)22-29-30-23(34-22)15-2-3-16-12-31(24(33)18(16)10-15)20(19-11-27-8-9-28-19)21(32)14-4-6-17(26)7-5-14/h2-11,13,20-21,32H,12H2,1H3/t13?,20-,21?/m1/s1. The number of aliphatic hydroxyl groups excluding tert-OH is 1. The molecule has 3 atom stereocenters. The molecule has 34 heavy (non-hydrogen) atoms. The van der Waals surface area contributed by atoms with Gasteiger partial charge in [0.2, 0.25) is 5.89 Å². The summed E-state index contributed by atoms with van der Waals surface area (Å²) in [5.41, 5.74) is 2.42. The number of hydrogen-bond acceptors (Lipinski definition) is 7. The maximum absolute atomic E-state index is 13.5. The molecule has 0 aliphatic carbocycles. The topological polar surface area (TPSA) is 105 Å². The molecule has 0 saturated heterocycles. The van der Waals surface area contributed by atoms with E-state index in [9.17, 15) is 18.7 Å². The summed E-state index contributed by atoms with van der Waals surface area (Å²) >= 11 is 0. The van der Waals surface area contributed by atoms with Crippen LogP contribution in [0.25, 0.3) is 11.5 Å². The van der Waals surface area contributed by atoms with Crippen molar-refractivity contribution in [2.75, 3.05) is 0 Å². The summed E-state index contributed by atoms with van der Waals surface area (Å²) in [6.45, 7) is 1.50. The Bertz CT molecular complexity index is 1330. The lowest BCUT2D eigenvalue weighted by atomic mass is 9.98. The van der Waals surface area contributed by atoms with Crippen LogP contribution >= 0.6 is 0 Å². The summed E-state index contributed by atoms with van der Waals surface area (Å²) in [5, 5.41) is 18.8. The molecule has 0 fully saturated rings. The molecular weight excluding hydrogens is 444 g/mol. The van der Waals surface area contributed by atoms with Gasteiger partial charge in [-0.05, 0) is 42.3 Å². The van der Waals surface area contributed by atoms with Crippen molar-refractivity contribution < 1.29 is 23.1 Å². The number of hydrogen-bond donors (Lipinski definition) is 1. The molecule has 0 radical (unpaired) electrons. The number of aliphatic hydroxyl groups is 1. The predicted molar refractivity (Wildman–Crippen MR) is 115 cm³/mol. The molecule has 2 aromatic carbocycles. The number of halogens is 2. The van der Waals surface area contributed by atoms with Gasteiger partial charge in [-0.2, -0.15) is 0 Å². The first-order valence-corrected chi connectivity index (χ1v) is 10.5. The van der Waals surface area contributed by atoms with Gasteiger partial charge in [0, 0.05) is 30.1 Å². The van der Waals surface area contributed by atoms with Gasteiger partial charge >= 0.3 is 0 Å². The van der Waals surface area contributed by atoms with Gasteiger partial charge in [0.05, 0.1) is 11.9 Å². The van der Waals surface area contributed by atoms with E-state index in [1.165, 1.54) is 54.7 Å². The van der Waals surface area contributed by atoms with Crippen LogP contribution in [0.3, 0.4) is 0 Å². The van der Waals surface area contributed by atoms with Crippen LogP contribution in [0.1, 0.15) is 58.3 Å². The second-order valence-corrected chi connectivity index (χ2v) is 7.94. The summed E-state index contributed by atoms with van der Waals surface area (Å²) in [6.07, 6.45) is 1.86. The molecule has 1 aliphatic heterocycles. The number of carbonyl (C=O) groups is 1. The van der Waals surface area contributed by atoms with E-state index in [4.69, 9.17) is 4.42 Å². The monoisotopic (exact) mass is 463 g/mol. The average Bonchev–Trinajstić information content (AvgIpc) is 3.46. The highest BCUT2D eigenvalue weighted by atomic mass is 19.1. The second kappa shape index (κ2) is 8.71. The molecule has 1 N–H and O–H groups in total. The van der Waals surface area contributed by atoms with Gasteiger partial charge in [-0.3, -0.25) is 14.8 Å². The summed E-state index contributed by atoms with van der Waals surface area (Å²) in [6, 6.07) is 9.63. The van der Waals surface area contributed by atoms with E-state index < -0.39 is 24.1 Å². The maximum atomic E-state index is 13.5. The van der Waals surface area contributed by atoms with Crippen molar-refractivity contribution in [2.24, 2.45) is 0 Å². The molecule has 0 bridgehead atoms. The molecule has 1 amide bonds. The Morgan fingerprint density at radius 2 is 1.91 bits per heavy atom. The van der Waals surface area contributed by atoms with Crippen LogP contribution in [0.2, 0.25) is 0 Å². The first-order chi connectivity index (χ1) is 16.4. The fraction of sp³-hybridized carbons (Fsp3) is 0.208. The number of rotatable bonds is 6. The largest absolute Gasteiger partial charge is 0.418 e. The van der Waals surface area contributed by atoms with Crippen molar-refractivity contribution in [3.63, 3.8) is 0 Å². The van der Waals surface area contributed by atoms with Crippen LogP contribution in [-0.4, -0.2) is 36.1 Å². The summed E-state index contributed by atoms with van der Waals surface area (Å²) < 4.78 is 32.3. The van der Waals surface area contributed by atoms with Crippen molar-refractivity contribution in [1.82, 2.24) is 25.1 Å². The van der Waals surface area contributed by atoms with E-state index in [1.807, 2.05) is 0 Å². The highest BCUT2D eigenvalue weighted by Gasteiger charge is 2.39. The molecule has 5 rings (SSSR count). The SMILES string of the molecule is CC(F)c1nnc(-c2ccc3c(c2)C(=O)N([C@H](c2cnccn2)C(O)c2ccc(F)cc2)C3)o1. The third-order valence-electron chi connectivity index (χ3n) is 5.70. The fourth-order valence-corrected chi connectivity index (χ4v) is 3.99. The minimum atomic E-state index is -1.41. The van der Waals surface area contributed by atoms with Gasteiger partial charge in [-0.15, -0.1) is 10.2 Å². The molecule has 8 nitrogen and oxygen atoms in total. The van der Waals surface area contributed by atoms with Gasteiger partial charge in [0.15, 0.2) is 6.17 Å². The number of alkyl halides is 1. The quantitative estimate of drug-likeness (QED) is 0.458. The minimum absolute atomic E-state index is 0.102. The van der Waals surface area contributed by atoms with Crippen molar-refractivity contribution in [1.29, 1.82) is 0 Å². The number of fused-ring (bicyclic) bond motifs is 1. The van der Waals surface area contributed by atoms with E-state index in [0.717, 1.165) is 5.56 Å². The number of amides is 1. The van der Waals surface area contributed by atoms with Gasteiger partial charge in [0.1, 0.15) is 18.0 Å². The lowest BCUT2D eigenvalue weighted by Gasteiger charge is -2.31. The summed E-state index contributed by atoms with van der Waals surface area (Å²) in [4.78, 5) is 23.4. The zero-order chi connectivity index (χ0) is 23.8. The lowest BCUT2D eigenvalue weighted by Crippen LogP contribution is -2.34. The van der Waals surface area contributed by atoms with Crippen LogP contribution in [0.4, 0.5) is 8.78 Å². The van der Waals surface area contributed by atoms with E-state index in [-0.39, 0.29) is 24.2 Å². The van der Waals surface area contributed by atoms with E-state index >= 15 is 0 Å². The molecule has 2 unspecified atom stereocenters. The molecule has 0 spiro atoms. The highest BCUT2D eigenvalue weighted by Crippen LogP contribution is 2.39. The smallest absolute Gasteiger partial charge is 0.255 e. The molecule has 4 aromatic rings. The summed E-state index contributed by atoms with van der Waals surface area (Å²) in [7, 11) is 0. The Balaban J connectivity index is 1.50. The molecule has 1 aliphatic rings. The van der Waals surface area contributed by atoms with E-state index in [2.05, 4.69) is 20.2 Å². The summed E-state index contributed by atoms with van der Waals surface area (Å²) in [5.74, 6) is -0.818. The van der Waals surface area contributed by atoms with Gasteiger partial charge in [-0.25, -0.2) is 8.78 Å². The molecule has 2 aromatic heterocycles. The van der Waals surface area contributed by atoms with Crippen LogP contribution < -0.4 is 0 Å². The van der Waals surface area contributed by atoms with Gasteiger partial charge in [0.25, 0.3) is 11.8 Å². The van der Waals surface area contributed by atoms with Crippen LogP contribution in [-0.2, 0) is 6.54 Å². The number of nitrogens with zero attached hydrogens (tertiary/aromatic N) is 5. The van der Waals surface area contributed by atoms with Crippen molar-refractivity contribution in [2.45, 2.75) is 31.8 Å². The third kappa shape index (κ3) is 3.92. The van der Waals surface area contributed by atoms with E-state index in [0.29, 0.717) is 22.4 Å². The van der Waals surface area contributed by atoms with Crippen LogP contribution in [0, 0.1) is 5.82 Å². The first-order valence-electron chi connectivity index (χ1n) is 10.5. The van der Waals surface area contributed by atoms with Gasteiger partial charge < -0.3 is 14.4 Å².